The molecule has 0 amide bonds. The second-order valence-electron chi connectivity index (χ2n) is 5.75. The number of benzene rings is 1. The molecule has 2 heterocycles. The van der Waals surface area contributed by atoms with E-state index in [1.807, 2.05) is 6.92 Å². The average molecular weight is 369 g/mol. The standard InChI is InChI=1S/C16H17ClN2O4S/c1-11-6-13(8-16(20)18(11)2)23-14-9-19(10-14)24(21,22)15-5-3-4-12(17)7-15/h3-8,14H,9-10H2,1-2H3. The predicted octanol–water partition coefficient (Wildman–Crippen LogP) is 1.80. The summed E-state index contributed by atoms with van der Waals surface area (Å²) in [6, 6.07) is 9.33. The van der Waals surface area contributed by atoms with E-state index in [4.69, 9.17) is 16.3 Å². The number of halogens is 1. The van der Waals surface area contributed by atoms with Crippen LogP contribution in [0.25, 0.3) is 0 Å². The van der Waals surface area contributed by atoms with Crippen LogP contribution in [-0.4, -0.2) is 36.5 Å². The second kappa shape index (κ2) is 6.23. The third-order valence-electron chi connectivity index (χ3n) is 4.03. The lowest BCUT2D eigenvalue weighted by molar-refractivity contribution is 0.0759. The molecule has 1 aromatic carbocycles. The number of aromatic nitrogens is 1. The predicted molar refractivity (Wildman–Crippen MR) is 91.0 cm³/mol. The van der Waals surface area contributed by atoms with Crippen LogP contribution in [0.4, 0.5) is 0 Å². The summed E-state index contributed by atoms with van der Waals surface area (Å²) in [4.78, 5) is 11.9. The molecule has 6 nitrogen and oxygen atoms in total. The minimum absolute atomic E-state index is 0.160. The molecule has 128 valence electrons. The van der Waals surface area contributed by atoms with Gasteiger partial charge in [-0.05, 0) is 31.2 Å². The zero-order valence-electron chi connectivity index (χ0n) is 13.3. The molecule has 0 spiro atoms. The highest BCUT2D eigenvalue weighted by Crippen LogP contribution is 2.26. The van der Waals surface area contributed by atoms with Gasteiger partial charge < -0.3 is 9.30 Å². The first kappa shape index (κ1) is 17.0. The van der Waals surface area contributed by atoms with Gasteiger partial charge in [0.2, 0.25) is 10.0 Å². The fourth-order valence-corrected chi connectivity index (χ4v) is 4.25. The van der Waals surface area contributed by atoms with Gasteiger partial charge in [-0.1, -0.05) is 17.7 Å². The van der Waals surface area contributed by atoms with Crippen molar-refractivity contribution in [3.05, 3.63) is 57.5 Å². The molecule has 0 unspecified atom stereocenters. The van der Waals surface area contributed by atoms with Crippen molar-refractivity contribution in [3.8, 4) is 5.75 Å². The molecule has 1 aliphatic rings. The summed E-state index contributed by atoms with van der Waals surface area (Å²) < 4.78 is 33.5. The van der Waals surface area contributed by atoms with Gasteiger partial charge in [-0.25, -0.2) is 8.42 Å². The molecular formula is C16H17ClN2O4S. The summed E-state index contributed by atoms with van der Waals surface area (Å²) in [6.45, 7) is 2.29. The van der Waals surface area contributed by atoms with Crippen LogP contribution in [0.1, 0.15) is 5.69 Å². The van der Waals surface area contributed by atoms with Crippen molar-refractivity contribution in [2.24, 2.45) is 7.05 Å². The first-order valence-corrected chi connectivity index (χ1v) is 9.19. The van der Waals surface area contributed by atoms with Crippen molar-refractivity contribution in [1.29, 1.82) is 0 Å². The van der Waals surface area contributed by atoms with Crippen LogP contribution in [-0.2, 0) is 17.1 Å². The highest BCUT2D eigenvalue weighted by atomic mass is 35.5. The summed E-state index contributed by atoms with van der Waals surface area (Å²) in [6.07, 6.45) is -0.273. The van der Waals surface area contributed by atoms with E-state index in [-0.39, 0.29) is 29.6 Å². The van der Waals surface area contributed by atoms with E-state index in [1.165, 1.54) is 27.1 Å². The van der Waals surface area contributed by atoms with E-state index >= 15 is 0 Å². The van der Waals surface area contributed by atoms with Crippen molar-refractivity contribution in [3.63, 3.8) is 0 Å². The quantitative estimate of drug-likeness (QED) is 0.825. The van der Waals surface area contributed by atoms with Crippen LogP contribution in [0.15, 0.2) is 46.1 Å². The van der Waals surface area contributed by atoms with Gasteiger partial charge in [-0.2, -0.15) is 4.31 Å². The molecule has 24 heavy (non-hydrogen) atoms. The summed E-state index contributed by atoms with van der Waals surface area (Å²) in [5.74, 6) is 0.459. The number of hydrogen-bond acceptors (Lipinski definition) is 4. The lowest BCUT2D eigenvalue weighted by Crippen LogP contribution is -2.56. The van der Waals surface area contributed by atoms with Crippen LogP contribution in [0, 0.1) is 6.92 Å². The summed E-state index contributed by atoms with van der Waals surface area (Å²) in [5.41, 5.74) is 0.618. The zero-order chi connectivity index (χ0) is 17.5. The number of aryl methyl sites for hydroxylation is 1. The maximum atomic E-state index is 12.5. The van der Waals surface area contributed by atoms with E-state index < -0.39 is 10.0 Å². The van der Waals surface area contributed by atoms with E-state index in [0.717, 1.165) is 5.69 Å². The zero-order valence-corrected chi connectivity index (χ0v) is 14.8. The molecular weight excluding hydrogens is 352 g/mol. The van der Waals surface area contributed by atoms with Crippen LogP contribution < -0.4 is 10.3 Å². The fourth-order valence-electron chi connectivity index (χ4n) is 2.45. The summed E-state index contributed by atoms with van der Waals surface area (Å²) in [7, 11) is -1.89. The third kappa shape index (κ3) is 3.19. The molecule has 0 atom stereocenters. The van der Waals surface area contributed by atoms with Crippen LogP contribution in [0.5, 0.6) is 5.75 Å². The molecule has 0 radical (unpaired) electrons. The smallest absolute Gasteiger partial charge is 0.254 e. The fraction of sp³-hybridized carbons (Fsp3) is 0.312. The Hall–Kier alpha value is -1.83. The van der Waals surface area contributed by atoms with Crippen LogP contribution >= 0.6 is 11.6 Å². The molecule has 0 bridgehead atoms. The van der Waals surface area contributed by atoms with Crippen molar-refractivity contribution >= 4 is 21.6 Å². The van der Waals surface area contributed by atoms with E-state index in [2.05, 4.69) is 0 Å². The third-order valence-corrected chi connectivity index (χ3v) is 6.09. The topological polar surface area (TPSA) is 68.6 Å². The van der Waals surface area contributed by atoms with Crippen molar-refractivity contribution < 1.29 is 13.2 Å². The molecule has 1 aliphatic heterocycles. The SMILES string of the molecule is Cc1cc(OC2CN(S(=O)(=O)c3cccc(Cl)c3)C2)cc(=O)n1C. The van der Waals surface area contributed by atoms with Gasteiger partial charge >= 0.3 is 0 Å². The average Bonchev–Trinajstić information content (AvgIpc) is 2.47. The van der Waals surface area contributed by atoms with Gasteiger partial charge in [0.15, 0.2) is 0 Å². The number of pyridine rings is 1. The van der Waals surface area contributed by atoms with Gasteiger partial charge in [0.25, 0.3) is 5.56 Å². The largest absolute Gasteiger partial charge is 0.487 e. The van der Waals surface area contributed by atoms with Crippen molar-refractivity contribution in [2.75, 3.05) is 13.1 Å². The molecule has 8 heteroatoms. The first-order valence-electron chi connectivity index (χ1n) is 7.37. The number of ether oxygens (including phenoxy) is 1. The van der Waals surface area contributed by atoms with Gasteiger partial charge in [0.05, 0.1) is 18.0 Å². The molecule has 3 rings (SSSR count). The second-order valence-corrected chi connectivity index (χ2v) is 8.12. The highest BCUT2D eigenvalue weighted by Gasteiger charge is 2.38. The van der Waals surface area contributed by atoms with Gasteiger partial charge in [-0.3, -0.25) is 4.79 Å². The number of sulfonamides is 1. The van der Waals surface area contributed by atoms with Gasteiger partial charge in [0, 0.05) is 23.8 Å². The number of hydrogen-bond donors (Lipinski definition) is 0. The Balaban J connectivity index is 1.68. The Bertz CT molecular complexity index is 933. The number of nitrogens with zero attached hydrogens (tertiary/aromatic N) is 2. The lowest BCUT2D eigenvalue weighted by Gasteiger charge is -2.37. The van der Waals surface area contributed by atoms with Crippen molar-refractivity contribution in [2.45, 2.75) is 17.9 Å². The maximum absolute atomic E-state index is 12.5. The van der Waals surface area contributed by atoms with Gasteiger partial charge in [-0.15, -0.1) is 0 Å². The molecule has 2 aromatic rings. The van der Waals surface area contributed by atoms with Crippen molar-refractivity contribution in [1.82, 2.24) is 8.87 Å². The van der Waals surface area contributed by atoms with Crippen LogP contribution in [0.2, 0.25) is 5.02 Å². The molecule has 1 aromatic heterocycles. The van der Waals surface area contributed by atoms with Gasteiger partial charge in [0.1, 0.15) is 11.9 Å². The number of rotatable bonds is 4. The Labute approximate surface area is 145 Å². The molecule has 1 saturated heterocycles. The summed E-state index contributed by atoms with van der Waals surface area (Å²) >= 11 is 5.86. The van der Waals surface area contributed by atoms with Crippen LogP contribution in [0.3, 0.4) is 0 Å². The van der Waals surface area contributed by atoms with E-state index in [0.29, 0.717) is 10.8 Å². The Kier molecular flexibility index (Phi) is 4.42. The Morgan fingerprint density at radius 3 is 2.54 bits per heavy atom. The Morgan fingerprint density at radius 1 is 1.21 bits per heavy atom. The molecule has 1 fully saturated rings. The minimum atomic E-state index is -3.57. The maximum Gasteiger partial charge on any atom is 0.254 e. The lowest BCUT2D eigenvalue weighted by atomic mass is 10.2. The van der Waals surface area contributed by atoms with E-state index in [1.54, 1.807) is 25.2 Å². The Morgan fingerprint density at radius 2 is 1.92 bits per heavy atom. The first-order chi connectivity index (χ1) is 11.3. The minimum Gasteiger partial charge on any atom is -0.487 e. The summed E-state index contributed by atoms with van der Waals surface area (Å²) in [5, 5.41) is 0.375. The normalized spacial score (nSPS) is 16.0. The molecule has 0 saturated carbocycles. The van der Waals surface area contributed by atoms with E-state index in [9.17, 15) is 13.2 Å². The molecule has 0 N–H and O–H groups in total. The molecule has 0 aliphatic carbocycles. The highest BCUT2D eigenvalue weighted by molar-refractivity contribution is 7.89. The monoisotopic (exact) mass is 368 g/mol.